The maximum absolute atomic E-state index is 12.5. The first kappa shape index (κ1) is 14.8. The molecule has 1 unspecified atom stereocenters. The molecule has 0 aliphatic heterocycles. The summed E-state index contributed by atoms with van der Waals surface area (Å²) in [5.74, 6) is 0.241. The van der Waals surface area contributed by atoms with Gasteiger partial charge in [-0.3, -0.25) is 9.89 Å². The molecule has 22 heavy (non-hydrogen) atoms. The highest BCUT2D eigenvalue weighted by molar-refractivity contribution is 5.76. The van der Waals surface area contributed by atoms with Gasteiger partial charge in [-0.2, -0.15) is 5.10 Å². The number of H-pyrrole nitrogens is 1. The van der Waals surface area contributed by atoms with Crippen molar-refractivity contribution in [2.45, 2.75) is 44.6 Å². The summed E-state index contributed by atoms with van der Waals surface area (Å²) in [6.07, 6.45) is 9.45. The average molecular weight is 297 g/mol. The van der Waals surface area contributed by atoms with Crippen LogP contribution in [0.3, 0.4) is 0 Å². The summed E-state index contributed by atoms with van der Waals surface area (Å²) >= 11 is 0. The van der Waals surface area contributed by atoms with Crippen LogP contribution in [0, 0.1) is 0 Å². The van der Waals surface area contributed by atoms with Crippen LogP contribution in [0.5, 0.6) is 0 Å². The van der Waals surface area contributed by atoms with E-state index in [2.05, 4.69) is 34.5 Å². The second-order valence-electron chi connectivity index (χ2n) is 6.07. The van der Waals surface area contributed by atoms with Crippen molar-refractivity contribution < 1.29 is 4.79 Å². The van der Waals surface area contributed by atoms with Gasteiger partial charge < -0.3 is 4.90 Å². The van der Waals surface area contributed by atoms with Gasteiger partial charge in [0.05, 0.1) is 12.2 Å². The lowest BCUT2D eigenvalue weighted by molar-refractivity contribution is -0.132. The highest BCUT2D eigenvalue weighted by Gasteiger charge is 2.25. The summed E-state index contributed by atoms with van der Waals surface area (Å²) < 4.78 is 0. The number of rotatable bonds is 5. The van der Waals surface area contributed by atoms with Crippen LogP contribution in [-0.2, 0) is 17.6 Å². The Hall–Kier alpha value is -2.10. The Morgan fingerprint density at radius 3 is 3.09 bits per heavy atom. The largest absolute Gasteiger partial charge is 0.339 e. The molecule has 0 saturated carbocycles. The van der Waals surface area contributed by atoms with E-state index in [9.17, 15) is 4.79 Å². The van der Waals surface area contributed by atoms with Crippen LogP contribution in [0.4, 0.5) is 0 Å². The van der Waals surface area contributed by atoms with Gasteiger partial charge in [0.2, 0.25) is 5.91 Å². The molecule has 0 bridgehead atoms. The molecule has 4 nitrogen and oxygen atoms in total. The lowest BCUT2D eigenvalue weighted by Crippen LogP contribution is -2.33. The minimum Gasteiger partial charge on any atom is -0.339 e. The first-order valence-corrected chi connectivity index (χ1v) is 8.07. The fourth-order valence-electron chi connectivity index (χ4n) is 3.34. The van der Waals surface area contributed by atoms with Crippen molar-refractivity contribution >= 4 is 5.91 Å². The number of amides is 1. The van der Waals surface area contributed by atoms with E-state index in [1.165, 1.54) is 16.7 Å². The van der Waals surface area contributed by atoms with E-state index >= 15 is 0 Å². The molecule has 1 heterocycles. The van der Waals surface area contributed by atoms with Crippen LogP contribution in [0.15, 0.2) is 36.7 Å². The van der Waals surface area contributed by atoms with Crippen LogP contribution in [0.1, 0.15) is 48.4 Å². The zero-order chi connectivity index (χ0) is 15.4. The zero-order valence-corrected chi connectivity index (χ0v) is 13.1. The predicted molar refractivity (Wildman–Crippen MR) is 86.4 cm³/mol. The van der Waals surface area contributed by atoms with Crippen LogP contribution >= 0.6 is 0 Å². The average Bonchev–Trinajstić information content (AvgIpc) is 3.07. The lowest BCUT2D eigenvalue weighted by Gasteiger charge is -2.33. The standard InChI is InChI=1S/C18H23N3O/c1-21(18(22)11-4-6-14-12-19-20-13-14)17-10-5-8-15-7-2-3-9-16(15)17/h2-3,7,9,12-13,17H,4-6,8,10-11H2,1H3,(H,19,20). The molecular weight excluding hydrogens is 274 g/mol. The van der Waals surface area contributed by atoms with Gasteiger partial charge in [-0.1, -0.05) is 24.3 Å². The Balaban J connectivity index is 1.59. The Bertz CT molecular complexity index is 621. The molecule has 1 aromatic carbocycles. The van der Waals surface area contributed by atoms with Gasteiger partial charge in [0.1, 0.15) is 0 Å². The number of nitrogens with zero attached hydrogens (tertiary/aromatic N) is 2. The molecule has 1 N–H and O–H groups in total. The molecule has 0 radical (unpaired) electrons. The van der Waals surface area contributed by atoms with Crippen LogP contribution in [-0.4, -0.2) is 28.1 Å². The van der Waals surface area contributed by atoms with E-state index in [-0.39, 0.29) is 11.9 Å². The quantitative estimate of drug-likeness (QED) is 0.921. The Labute approximate surface area is 131 Å². The van der Waals surface area contributed by atoms with Crippen molar-refractivity contribution in [3.05, 3.63) is 53.3 Å². The smallest absolute Gasteiger partial charge is 0.222 e. The van der Waals surface area contributed by atoms with Crippen molar-refractivity contribution in [1.29, 1.82) is 0 Å². The number of benzene rings is 1. The van der Waals surface area contributed by atoms with Crippen LogP contribution < -0.4 is 0 Å². The molecule has 2 aromatic rings. The summed E-state index contributed by atoms with van der Waals surface area (Å²) in [5.41, 5.74) is 3.90. The predicted octanol–water partition coefficient (Wildman–Crippen LogP) is 3.27. The van der Waals surface area contributed by atoms with Gasteiger partial charge in [0.15, 0.2) is 0 Å². The number of aromatic amines is 1. The molecule has 0 spiro atoms. The molecular formula is C18H23N3O. The van der Waals surface area contributed by atoms with E-state index in [0.29, 0.717) is 6.42 Å². The van der Waals surface area contributed by atoms with Gasteiger partial charge in [-0.05, 0) is 48.8 Å². The van der Waals surface area contributed by atoms with E-state index in [0.717, 1.165) is 32.1 Å². The van der Waals surface area contributed by atoms with Gasteiger partial charge in [0.25, 0.3) is 0 Å². The van der Waals surface area contributed by atoms with E-state index in [1.54, 1.807) is 0 Å². The van der Waals surface area contributed by atoms with Gasteiger partial charge in [0, 0.05) is 19.7 Å². The number of fused-ring (bicyclic) bond motifs is 1. The Kier molecular flexibility index (Phi) is 4.56. The number of hydrogen-bond donors (Lipinski definition) is 1. The van der Waals surface area contributed by atoms with E-state index < -0.39 is 0 Å². The maximum atomic E-state index is 12.5. The van der Waals surface area contributed by atoms with Gasteiger partial charge in [-0.25, -0.2) is 0 Å². The molecule has 1 aromatic heterocycles. The fraction of sp³-hybridized carbons (Fsp3) is 0.444. The molecule has 1 aliphatic carbocycles. The van der Waals surface area contributed by atoms with Crippen molar-refractivity contribution in [2.75, 3.05) is 7.05 Å². The fourth-order valence-corrected chi connectivity index (χ4v) is 3.34. The second kappa shape index (κ2) is 6.77. The maximum Gasteiger partial charge on any atom is 0.222 e. The minimum atomic E-state index is 0.241. The molecule has 116 valence electrons. The third-order valence-corrected chi connectivity index (χ3v) is 4.61. The third kappa shape index (κ3) is 3.21. The first-order chi connectivity index (χ1) is 10.8. The highest BCUT2D eigenvalue weighted by Crippen LogP contribution is 2.33. The minimum absolute atomic E-state index is 0.241. The molecule has 1 amide bonds. The number of aryl methyl sites for hydroxylation is 2. The van der Waals surface area contributed by atoms with E-state index in [1.807, 2.05) is 24.3 Å². The topological polar surface area (TPSA) is 49.0 Å². The summed E-state index contributed by atoms with van der Waals surface area (Å²) in [6, 6.07) is 8.78. The number of hydrogen-bond acceptors (Lipinski definition) is 2. The van der Waals surface area contributed by atoms with E-state index in [4.69, 9.17) is 0 Å². The normalized spacial score (nSPS) is 17.0. The van der Waals surface area contributed by atoms with Crippen molar-refractivity contribution in [3.63, 3.8) is 0 Å². The monoisotopic (exact) mass is 297 g/mol. The van der Waals surface area contributed by atoms with Crippen molar-refractivity contribution in [2.24, 2.45) is 0 Å². The molecule has 0 saturated heterocycles. The summed E-state index contributed by atoms with van der Waals surface area (Å²) in [5, 5.41) is 6.74. The highest BCUT2D eigenvalue weighted by atomic mass is 16.2. The summed E-state index contributed by atoms with van der Waals surface area (Å²) in [6.45, 7) is 0. The second-order valence-corrected chi connectivity index (χ2v) is 6.07. The lowest BCUT2D eigenvalue weighted by atomic mass is 9.87. The van der Waals surface area contributed by atoms with Gasteiger partial charge >= 0.3 is 0 Å². The zero-order valence-electron chi connectivity index (χ0n) is 13.1. The van der Waals surface area contributed by atoms with Crippen LogP contribution in [0.25, 0.3) is 0 Å². The number of aromatic nitrogens is 2. The summed E-state index contributed by atoms with van der Waals surface area (Å²) in [7, 11) is 1.95. The number of carbonyl (C=O) groups excluding carboxylic acids is 1. The molecule has 3 rings (SSSR count). The first-order valence-electron chi connectivity index (χ1n) is 8.07. The number of carbonyl (C=O) groups is 1. The van der Waals surface area contributed by atoms with Crippen LogP contribution in [0.2, 0.25) is 0 Å². The van der Waals surface area contributed by atoms with Crippen molar-refractivity contribution in [1.82, 2.24) is 15.1 Å². The summed E-state index contributed by atoms with van der Waals surface area (Å²) in [4.78, 5) is 14.4. The third-order valence-electron chi connectivity index (χ3n) is 4.61. The number of nitrogens with one attached hydrogen (secondary N) is 1. The van der Waals surface area contributed by atoms with Gasteiger partial charge in [-0.15, -0.1) is 0 Å². The van der Waals surface area contributed by atoms with Crippen molar-refractivity contribution in [3.8, 4) is 0 Å². The Morgan fingerprint density at radius 1 is 1.41 bits per heavy atom. The molecule has 0 fully saturated rings. The Morgan fingerprint density at radius 2 is 2.27 bits per heavy atom. The SMILES string of the molecule is CN(C(=O)CCCc1cn[nH]c1)C1CCCc2ccccc21. The molecule has 1 atom stereocenters. The molecule has 4 heteroatoms. The molecule has 1 aliphatic rings.